The zero-order valence-corrected chi connectivity index (χ0v) is 14.4. The second-order valence-electron chi connectivity index (χ2n) is 6.25. The topological polar surface area (TPSA) is 86.5 Å². The van der Waals surface area contributed by atoms with E-state index in [1.54, 1.807) is 11.3 Å². The smallest absolute Gasteiger partial charge is 0.218 e. The molecule has 0 amide bonds. The van der Waals surface area contributed by atoms with Crippen LogP contribution < -0.4 is 0 Å². The van der Waals surface area contributed by atoms with Crippen LogP contribution in [0.3, 0.4) is 0 Å². The third-order valence-electron chi connectivity index (χ3n) is 4.72. The Kier molecular flexibility index (Phi) is 3.11. The molecular formula is C18H15N5OS. The van der Waals surface area contributed by atoms with E-state index in [-0.39, 0.29) is 5.88 Å². The Morgan fingerprint density at radius 3 is 3.04 bits per heavy atom. The number of nitrogens with one attached hydrogen (secondary N) is 1. The normalized spacial score (nSPS) is 14.1. The van der Waals surface area contributed by atoms with Gasteiger partial charge < -0.3 is 10.1 Å². The van der Waals surface area contributed by atoms with Gasteiger partial charge in [0.1, 0.15) is 11.2 Å². The number of rotatable bonds is 2. The molecule has 2 N–H and O–H groups in total. The number of hydrogen-bond acceptors (Lipinski definition) is 6. The lowest BCUT2D eigenvalue weighted by molar-refractivity contribution is 0.459. The van der Waals surface area contributed by atoms with Crippen LogP contribution in [0.1, 0.15) is 22.4 Å². The van der Waals surface area contributed by atoms with Gasteiger partial charge in [-0.15, -0.1) is 21.6 Å². The Morgan fingerprint density at radius 1 is 1.20 bits per heavy atom. The van der Waals surface area contributed by atoms with Gasteiger partial charge in [-0.05, 0) is 37.3 Å². The lowest BCUT2D eigenvalue weighted by Crippen LogP contribution is -1.82. The number of aromatic amines is 1. The van der Waals surface area contributed by atoms with Gasteiger partial charge in [-0.25, -0.2) is 9.97 Å². The van der Waals surface area contributed by atoms with Gasteiger partial charge in [-0.3, -0.25) is 0 Å². The number of hydrogen-bond donors (Lipinski definition) is 2. The van der Waals surface area contributed by atoms with Crippen molar-refractivity contribution in [2.75, 3.05) is 0 Å². The molecule has 0 fully saturated rings. The van der Waals surface area contributed by atoms with Crippen molar-refractivity contribution in [1.29, 1.82) is 0 Å². The molecule has 6 nitrogen and oxygen atoms in total. The predicted molar refractivity (Wildman–Crippen MR) is 98.3 cm³/mol. The molecule has 0 unspecified atom stereocenters. The van der Waals surface area contributed by atoms with E-state index in [2.05, 4.69) is 25.2 Å². The second kappa shape index (κ2) is 5.35. The summed E-state index contributed by atoms with van der Waals surface area (Å²) in [6, 6.07) is 5.85. The molecule has 3 aromatic heterocycles. The van der Waals surface area contributed by atoms with Crippen LogP contribution in [-0.4, -0.2) is 20.1 Å². The van der Waals surface area contributed by atoms with Gasteiger partial charge in [-0.1, -0.05) is 18.2 Å². The fraction of sp³-hybridized carbons (Fsp3) is 0.222. The summed E-state index contributed by atoms with van der Waals surface area (Å²) < 4.78 is 0. The number of nitrogens with zero attached hydrogens (tertiary/aromatic N) is 4. The van der Waals surface area contributed by atoms with Crippen LogP contribution in [0.25, 0.3) is 21.1 Å². The van der Waals surface area contributed by atoms with Crippen molar-refractivity contribution in [3.63, 3.8) is 0 Å². The summed E-state index contributed by atoms with van der Waals surface area (Å²) in [5.74, 6) is 0.597. The molecule has 25 heavy (non-hydrogen) atoms. The Labute approximate surface area is 147 Å². The van der Waals surface area contributed by atoms with Gasteiger partial charge in [0.2, 0.25) is 5.88 Å². The highest BCUT2D eigenvalue weighted by molar-refractivity contribution is 7.19. The van der Waals surface area contributed by atoms with E-state index in [9.17, 15) is 5.11 Å². The van der Waals surface area contributed by atoms with Crippen molar-refractivity contribution in [3.8, 4) is 5.88 Å². The number of azo groups is 1. The van der Waals surface area contributed by atoms with Crippen molar-refractivity contribution in [1.82, 2.24) is 15.0 Å². The van der Waals surface area contributed by atoms with E-state index in [0.29, 0.717) is 11.5 Å². The lowest BCUT2D eigenvalue weighted by Gasteiger charge is -1.98. The minimum atomic E-state index is 0.0221. The molecule has 4 aromatic rings. The summed E-state index contributed by atoms with van der Waals surface area (Å²) in [5, 5.41) is 20.8. The monoisotopic (exact) mass is 349 g/mol. The Balaban J connectivity index is 1.66. The molecule has 0 saturated heterocycles. The zero-order valence-electron chi connectivity index (χ0n) is 13.6. The van der Waals surface area contributed by atoms with E-state index in [4.69, 9.17) is 0 Å². The van der Waals surface area contributed by atoms with Gasteiger partial charge >= 0.3 is 0 Å². The number of para-hydroxylation sites is 1. The molecule has 1 aromatic carbocycles. The van der Waals surface area contributed by atoms with E-state index in [1.165, 1.54) is 23.2 Å². The highest BCUT2D eigenvalue weighted by atomic mass is 32.1. The summed E-state index contributed by atoms with van der Waals surface area (Å²) in [7, 11) is 0. The predicted octanol–water partition coefficient (Wildman–Crippen LogP) is 5.09. The minimum Gasteiger partial charge on any atom is -0.493 e. The number of H-pyrrole nitrogens is 1. The maximum Gasteiger partial charge on any atom is 0.218 e. The van der Waals surface area contributed by atoms with Crippen molar-refractivity contribution in [2.24, 2.45) is 10.2 Å². The maximum atomic E-state index is 10.2. The standard InChI is InChI=1S/C18H15N5OS/c1-9-4-2-6-11-14(9)21-17(24)15(11)22-23-16-13-10-5-3-7-12(10)25-18(13)20-8-19-16/h2,4,6,8,21,24H,3,5,7H2,1H3. The van der Waals surface area contributed by atoms with Crippen LogP contribution in [0.5, 0.6) is 5.88 Å². The summed E-state index contributed by atoms with van der Waals surface area (Å²) in [6.07, 6.45) is 4.85. The fourth-order valence-corrected chi connectivity index (χ4v) is 4.75. The second-order valence-corrected chi connectivity index (χ2v) is 7.34. The molecule has 0 spiro atoms. The molecule has 1 aliphatic rings. The Bertz CT molecular complexity index is 1160. The van der Waals surface area contributed by atoms with Crippen molar-refractivity contribution in [2.45, 2.75) is 26.2 Å². The molecular weight excluding hydrogens is 334 g/mol. The van der Waals surface area contributed by atoms with Crippen LogP contribution in [0.15, 0.2) is 34.8 Å². The Morgan fingerprint density at radius 2 is 2.12 bits per heavy atom. The maximum absolute atomic E-state index is 10.2. The zero-order chi connectivity index (χ0) is 17.0. The van der Waals surface area contributed by atoms with E-state index < -0.39 is 0 Å². The van der Waals surface area contributed by atoms with Gasteiger partial charge in [0, 0.05) is 10.3 Å². The van der Waals surface area contributed by atoms with Crippen LogP contribution in [-0.2, 0) is 12.8 Å². The van der Waals surface area contributed by atoms with E-state index in [0.717, 1.165) is 39.5 Å². The number of aromatic nitrogens is 3. The molecule has 0 saturated carbocycles. The molecule has 5 rings (SSSR count). The molecule has 7 heteroatoms. The number of aromatic hydroxyl groups is 1. The first kappa shape index (κ1) is 14.5. The number of benzene rings is 1. The largest absolute Gasteiger partial charge is 0.493 e. The van der Waals surface area contributed by atoms with Crippen LogP contribution in [0.4, 0.5) is 11.5 Å². The summed E-state index contributed by atoms with van der Waals surface area (Å²) in [4.78, 5) is 14.0. The van der Waals surface area contributed by atoms with Gasteiger partial charge in [0.05, 0.1) is 10.9 Å². The highest BCUT2D eigenvalue weighted by Crippen LogP contribution is 2.41. The van der Waals surface area contributed by atoms with Crippen molar-refractivity contribution in [3.05, 3.63) is 40.5 Å². The van der Waals surface area contributed by atoms with Crippen LogP contribution >= 0.6 is 11.3 Å². The molecule has 124 valence electrons. The first-order valence-corrected chi connectivity index (χ1v) is 9.01. The number of fused-ring (bicyclic) bond motifs is 4. The van der Waals surface area contributed by atoms with Crippen LogP contribution in [0.2, 0.25) is 0 Å². The van der Waals surface area contributed by atoms with Gasteiger partial charge in [0.15, 0.2) is 11.5 Å². The number of thiophene rings is 1. The molecule has 1 aliphatic carbocycles. The minimum absolute atomic E-state index is 0.0221. The van der Waals surface area contributed by atoms with Crippen molar-refractivity contribution >= 4 is 44.0 Å². The molecule has 0 bridgehead atoms. The van der Waals surface area contributed by atoms with E-state index >= 15 is 0 Å². The third-order valence-corrected chi connectivity index (χ3v) is 5.92. The fourth-order valence-electron chi connectivity index (χ4n) is 3.52. The number of aryl methyl sites for hydroxylation is 3. The average Bonchev–Trinajstić information content (AvgIpc) is 3.26. The van der Waals surface area contributed by atoms with Gasteiger partial charge in [0.25, 0.3) is 0 Å². The molecule has 0 aliphatic heterocycles. The van der Waals surface area contributed by atoms with E-state index in [1.807, 2.05) is 25.1 Å². The van der Waals surface area contributed by atoms with Gasteiger partial charge in [-0.2, -0.15) is 0 Å². The summed E-state index contributed by atoms with van der Waals surface area (Å²) in [5.41, 5.74) is 3.68. The van der Waals surface area contributed by atoms with Crippen LogP contribution in [0, 0.1) is 6.92 Å². The third kappa shape index (κ3) is 2.16. The molecule has 0 atom stereocenters. The Hall–Kier alpha value is -2.80. The quantitative estimate of drug-likeness (QED) is 0.494. The van der Waals surface area contributed by atoms with Crippen molar-refractivity contribution < 1.29 is 5.11 Å². The summed E-state index contributed by atoms with van der Waals surface area (Å²) in [6.45, 7) is 1.99. The lowest BCUT2D eigenvalue weighted by atomic mass is 10.1. The first-order valence-electron chi connectivity index (χ1n) is 8.19. The highest BCUT2D eigenvalue weighted by Gasteiger charge is 2.21. The summed E-state index contributed by atoms with van der Waals surface area (Å²) >= 11 is 1.72. The first-order chi connectivity index (χ1) is 12.2. The average molecular weight is 349 g/mol. The SMILES string of the molecule is Cc1cccc2c(N=Nc3ncnc4sc5c(c34)CCC5)c(O)[nH]c12. The molecule has 3 heterocycles. The molecule has 0 radical (unpaired) electrons.